The molecule has 0 amide bonds. The van der Waals surface area contributed by atoms with Crippen LogP contribution in [0.5, 0.6) is 0 Å². The second-order valence-electron chi connectivity index (χ2n) is 4.16. The normalized spacial score (nSPS) is 13.3. The van der Waals surface area contributed by atoms with Crippen LogP contribution in [0, 0.1) is 5.92 Å². The van der Waals surface area contributed by atoms with Gasteiger partial charge in [0, 0.05) is 11.6 Å². The Kier molecular flexibility index (Phi) is 5.93. The molecule has 0 saturated heterocycles. The molecule has 0 saturated carbocycles. The molecular formula is C13H22ClNO. The monoisotopic (exact) mass is 243 g/mol. The van der Waals surface area contributed by atoms with Gasteiger partial charge in [-0.2, -0.15) is 0 Å². The summed E-state index contributed by atoms with van der Waals surface area (Å²) >= 11 is 6.06. The molecule has 1 atom stereocenters. The molecule has 0 fully saturated rings. The highest BCUT2D eigenvalue weighted by molar-refractivity contribution is 6.29. The second-order valence-corrected chi connectivity index (χ2v) is 4.50. The Bertz CT molecular complexity index is 294. The molecule has 1 unspecified atom stereocenters. The molecule has 0 radical (unpaired) electrons. The van der Waals surface area contributed by atoms with Crippen LogP contribution in [0.2, 0.25) is 5.22 Å². The number of nitrogens with one attached hydrogen (secondary N) is 1. The molecule has 1 aromatic rings. The van der Waals surface area contributed by atoms with Crippen molar-refractivity contribution in [3.05, 3.63) is 23.1 Å². The summed E-state index contributed by atoms with van der Waals surface area (Å²) in [6.07, 6.45) is 5.10. The van der Waals surface area contributed by atoms with Gasteiger partial charge in [-0.25, -0.2) is 0 Å². The summed E-state index contributed by atoms with van der Waals surface area (Å²) in [5, 5.41) is 4.10. The quantitative estimate of drug-likeness (QED) is 0.768. The van der Waals surface area contributed by atoms with Gasteiger partial charge in [-0.05, 0) is 36.6 Å². The molecule has 0 spiro atoms. The summed E-state index contributed by atoms with van der Waals surface area (Å²) in [6.45, 7) is 7.64. The highest BCUT2D eigenvalue weighted by Gasteiger charge is 2.23. The van der Waals surface area contributed by atoms with Crippen molar-refractivity contribution in [2.75, 3.05) is 6.54 Å². The highest BCUT2D eigenvalue weighted by Crippen LogP contribution is 2.32. The van der Waals surface area contributed by atoms with Gasteiger partial charge in [-0.1, -0.05) is 33.6 Å². The van der Waals surface area contributed by atoms with E-state index in [0.29, 0.717) is 17.2 Å². The van der Waals surface area contributed by atoms with Crippen molar-refractivity contribution in [2.45, 2.75) is 46.1 Å². The summed E-state index contributed by atoms with van der Waals surface area (Å²) in [6, 6.07) is 2.30. The summed E-state index contributed by atoms with van der Waals surface area (Å²) in [5.74, 6) is 0.613. The molecular weight excluding hydrogens is 222 g/mol. The van der Waals surface area contributed by atoms with Crippen LogP contribution in [0.25, 0.3) is 0 Å². The van der Waals surface area contributed by atoms with E-state index in [0.717, 1.165) is 31.4 Å². The number of halogens is 1. The lowest BCUT2D eigenvalue weighted by Crippen LogP contribution is -2.28. The van der Waals surface area contributed by atoms with E-state index in [1.807, 2.05) is 6.07 Å². The molecule has 0 aliphatic carbocycles. The zero-order valence-corrected chi connectivity index (χ0v) is 11.2. The minimum atomic E-state index is 0.321. The van der Waals surface area contributed by atoms with Crippen LogP contribution in [0.15, 0.2) is 16.7 Å². The lowest BCUT2D eigenvalue weighted by atomic mass is 9.90. The Hall–Kier alpha value is -0.470. The van der Waals surface area contributed by atoms with Crippen LogP contribution >= 0.6 is 11.6 Å². The van der Waals surface area contributed by atoms with E-state index in [1.165, 1.54) is 0 Å². The second kappa shape index (κ2) is 6.97. The van der Waals surface area contributed by atoms with Crippen LogP contribution in [0.3, 0.4) is 0 Å². The standard InChI is InChI=1S/C13H22ClNO/c1-4-8-15-12(10(5-2)6-3)11-7-9-16-13(11)14/h7,9-10,12,15H,4-6,8H2,1-3H3. The van der Waals surface area contributed by atoms with Crippen molar-refractivity contribution in [1.82, 2.24) is 5.32 Å². The summed E-state index contributed by atoms with van der Waals surface area (Å²) in [4.78, 5) is 0. The summed E-state index contributed by atoms with van der Waals surface area (Å²) in [7, 11) is 0. The lowest BCUT2D eigenvalue weighted by molar-refractivity contribution is 0.339. The van der Waals surface area contributed by atoms with Crippen LogP contribution in [0.1, 0.15) is 51.6 Å². The fourth-order valence-corrected chi connectivity index (χ4v) is 2.35. The summed E-state index contributed by atoms with van der Waals surface area (Å²) < 4.78 is 5.19. The molecule has 0 aliphatic heterocycles. The number of hydrogen-bond donors (Lipinski definition) is 1. The lowest BCUT2D eigenvalue weighted by Gasteiger charge is -2.25. The van der Waals surface area contributed by atoms with Crippen LogP contribution in [0.4, 0.5) is 0 Å². The maximum atomic E-state index is 6.06. The van der Waals surface area contributed by atoms with Crippen molar-refractivity contribution in [1.29, 1.82) is 0 Å². The summed E-state index contributed by atoms with van der Waals surface area (Å²) in [5.41, 5.74) is 1.10. The SMILES string of the molecule is CCCNC(c1ccoc1Cl)C(CC)CC. The largest absolute Gasteiger partial charge is 0.453 e. The first-order valence-electron chi connectivity index (χ1n) is 6.20. The Morgan fingerprint density at radius 2 is 2.00 bits per heavy atom. The zero-order valence-electron chi connectivity index (χ0n) is 10.4. The maximum Gasteiger partial charge on any atom is 0.197 e. The molecule has 0 bridgehead atoms. The van der Waals surface area contributed by atoms with Crippen LogP contribution in [-0.2, 0) is 0 Å². The third-order valence-corrected chi connectivity index (χ3v) is 3.42. The van der Waals surface area contributed by atoms with Gasteiger partial charge in [0.15, 0.2) is 5.22 Å². The number of furan rings is 1. The maximum absolute atomic E-state index is 6.06. The molecule has 1 aromatic heterocycles. The van der Waals surface area contributed by atoms with E-state index in [1.54, 1.807) is 6.26 Å². The van der Waals surface area contributed by atoms with Gasteiger partial charge in [0.05, 0.1) is 6.26 Å². The highest BCUT2D eigenvalue weighted by atomic mass is 35.5. The fraction of sp³-hybridized carbons (Fsp3) is 0.692. The average molecular weight is 244 g/mol. The number of rotatable bonds is 7. The van der Waals surface area contributed by atoms with Crippen molar-refractivity contribution in [3.8, 4) is 0 Å². The minimum Gasteiger partial charge on any atom is -0.453 e. The van der Waals surface area contributed by atoms with E-state index in [4.69, 9.17) is 16.0 Å². The van der Waals surface area contributed by atoms with Crippen LogP contribution < -0.4 is 5.32 Å². The third-order valence-electron chi connectivity index (χ3n) is 3.12. The average Bonchev–Trinajstić information content (AvgIpc) is 2.71. The van der Waals surface area contributed by atoms with Gasteiger partial charge < -0.3 is 9.73 Å². The zero-order chi connectivity index (χ0) is 12.0. The molecule has 0 aliphatic rings. The Labute approximate surface area is 103 Å². The van der Waals surface area contributed by atoms with Gasteiger partial charge in [0.25, 0.3) is 0 Å². The fourth-order valence-electron chi connectivity index (χ4n) is 2.12. The van der Waals surface area contributed by atoms with Crippen molar-refractivity contribution < 1.29 is 4.42 Å². The Balaban J connectivity index is 2.82. The molecule has 1 rings (SSSR count). The molecule has 2 nitrogen and oxygen atoms in total. The molecule has 0 aromatic carbocycles. The smallest absolute Gasteiger partial charge is 0.197 e. The van der Waals surface area contributed by atoms with E-state index < -0.39 is 0 Å². The Morgan fingerprint density at radius 3 is 2.44 bits per heavy atom. The third kappa shape index (κ3) is 3.26. The van der Waals surface area contributed by atoms with Crippen molar-refractivity contribution in [3.63, 3.8) is 0 Å². The first-order valence-corrected chi connectivity index (χ1v) is 6.58. The van der Waals surface area contributed by atoms with Crippen LogP contribution in [-0.4, -0.2) is 6.54 Å². The molecule has 1 N–H and O–H groups in total. The van der Waals surface area contributed by atoms with E-state index in [9.17, 15) is 0 Å². The van der Waals surface area contributed by atoms with Gasteiger partial charge in [-0.15, -0.1) is 0 Å². The molecule has 3 heteroatoms. The predicted molar refractivity (Wildman–Crippen MR) is 68.8 cm³/mol. The minimum absolute atomic E-state index is 0.321. The van der Waals surface area contributed by atoms with Crippen molar-refractivity contribution in [2.24, 2.45) is 5.92 Å². The molecule has 92 valence electrons. The predicted octanol–water partition coefficient (Wildman–Crippen LogP) is 4.41. The topological polar surface area (TPSA) is 25.2 Å². The van der Waals surface area contributed by atoms with Gasteiger partial charge in [0.2, 0.25) is 0 Å². The van der Waals surface area contributed by atoms with E-state index in [2.05, 4.69) is 26.1 Å². The number of hydrogen-bond acceptors (Lipinski definition) is 2. The van der Waals surface area contributed by atoms with E-state index in [-0.39, 0.29) is 0 Å². The molecule has 16 heavy (non-hydrogen) atoms. The van der Waals surface area contributed by atoms with Gasteiger partial charge in [0.1, 0.15) is 0 Å². The molecule has 1 heterocycles. The van der Waals surface area contributed by atoms with Gasteiger partial charge >= 0.3 is 0 Å². The van der Waals surface area contributed by atoms with E-state index >= 15 is 0 Å². The first kappa shape index (κ1) is 13.6. The van der Waals surface area contributed by atoms with Crippen molar-refractivity contribution >= 4 is 11.6 Å². The van der Waals surface area contributed by atoms with Gasteiger partial charge in [-0.3, -0.25) is 0 Å². The first-order chi connectivity index (χ1) is 7.74. The Morgan fingerprint density at radius 1 is 1.31 bits per heavy atom.